The average molecular weight is 268 g/mol. The van der Waals surface area contributed by atoms with E-state index >= 15 is 0 Å². The summed E-state index contributed by atoms with van der Waals surface area (Å²) >= 11 is 0. The van der Waals surface area contributed by atoms with Crippen LogP contribution in [0.3, 0.4) is 0 Å². The van der Waals surface area contributed by atoms with Gasteiger partial charge in [-0.1, -0.05) is 6.07 Å². The third kappa shape index (κ3) is 2.02. The van der Waals surface area contributed by atoms with Crippen molar-refractivity contribution in [3.8, 4) is 5.75 Å². The zero-order chi connectivity index (χ0) is 12.7. The van der Waals surface area contributed by atoms with Gasteiger partial charge in [0, 0.05) is 0 Å². The maximum atomic E-state index is 12.1. The van der Waals surface area contributed by atoms with E-state index in [0.29, 0.717) is 0 Å². The minimum Gasteiger partial charge on any atom is -0.373 e. The molecule has 0 radical (unpaired) electrons. The van der Waals surface area contributed by atoms with Gasteiger partial charge >= 0.3 is 15.6 Å². The lowest BCUT2D eigenvalue weighted by Gasteiger charge is -2.08. The van der Waals surface area contributed by atoms with Crippen LogP contribution in [0, 0.1) is 0 Å². The molecule has 92 valence electrons. The van der Waals surface area contributed by atoms with Gasteiger partial charge in [-0.05, 0) is 22.4 Å². The van der Waals surface area contributed by atoms with Gasteiger partial charge in [0.25, 0.3) is 0 Å². The molecular formula is C7H3F3N2O4S. The molecule has 2 rings (SSSR count). The molecule has 0 N–H and O–H groups in total. The van der Waals surface area contributed by atoms with Crippen molar-refractivity contribution in [1.82, 2.24) is 10.3 Å². The van der Waals surface area contributed by atoms with Crippen molar-refractivity contribution in [2.75, 3.05) is 0 Å². The highest BCUT2D eigenvalue weighted by atomic mass is 32.2. The molecule has 0 spiro atoms. The van der Waals surface area contributed by atoms with Crippen molar-refractivity contribution in [2.24, 2.45) is 0 Å². The van der Waals surface area contributed by atoms with Crippen molar-refractivity contribution < 1.29 is 30.4 Å². The van der Waals surface area contributed by atoms with Gasteiger partial charge in [0.1, 0.15) is 5.52 Å². The summed E-state index contributed by atoms with van der Waals surface area (Å²) in [5.41, 5.74) is -5.63. The standard InChI is InChI=1S/C7H3F3N2O4S/c8-7(9,10)17(13,14)15-5-3-1-2-4-6(5)12-16-11-4/h1-3H. The Bertz CT molecular complexity index is 648. The molecule has 0 aliphatic carbocycles. The average Bonchev–Trinajstić information content (AvgIpc) is 2.64. The third-order valence-corrected chi connectivity index (χ3v) is 2.70. The minimum atomic E-state index is -5.73. The van der Waals surface area contributed by atoms with Crippen LogP contribution in [0.25, 0.3) is 11.0 Å². The van der Waals surface area contributed by atoms with Gasteiger partial charge in [-0.3, -0.25) is 0 Å². The van der Waals surface area contributed by atoms with Gasteiger partial charge in [-0.2, -0.15) is 21.6 Å². The lowest BCUT2D eigenvalue weighted by molar-refractivity contribution is -0.0499. The SMILES string of the molecule is O=S(=O)(Oc1cccc2nonc12)C(F)(F)F. The summed E-state index contributed by atoms with van der Waals surface area (Å²) in [6, 6.07) is 3.64. The number of nitrogens with zero attached hydrogens (tertiary/aromatic N) is 2. The highest BCUT2D eigenvalue weighted by molar-refractivity contribution is 7.88. The van der Waals surface area contributed by atoms with E-state index in [-0.39, 0.29) is 11.0 Å². The molecular weight excluding hydrogens is 265 g/mol. The predicted octanol–water partition coefficient (Wildman–Crippen LogP) is 1.45. The second kappa shape index (κ2) is 3.58. The molecule has 0 atom stereocenters. The Morgan fingerprint density at radius 1 is 1.24 bits per heavy atom. The quantitative estimate of drug-likeness (QED) is 0.605. The highest BCUT2D eigenvalue weighted by Crippen LogP contribution is 2.30. The fourth-order valence-corrected chi connectivity index (χ4v) is 1.48. The fraction of sp³-hybridized carbons (Fsp3) is 0.143. The van der Waals surface area contributed by atoms with Crippen LogP contribution in [0.2, 0.25) is 0 Å². The maximum absolute atomic E-state index is 12.1. The van der Waals surface area contributed by atoms with Crippen molar-refractivity contribution in [3.05, 3.63) is 18.2 Å². The first-order valence-corrected chi connectivity index (χ1v) is 5.44. The highest BCUT2D eigenvalue weighted by Gasteiger charge is 2.48. The summed E-state index contributed by atoms with van der Waals surface area (Å²) in [6.07, 6.45) is 0. The van der Waals surface area contributed by atoms with Gasteiger partial charge in [-0.15, -0.1) is 0 Å². The number of benzene rings is 1. The molecule has 0 saturated carbocycles. The van der Waals surface area contributed by atoms with Gasteiger partial charge in [0.2, 0.25) is 0 Å². The Labute approximate surface area is 92.1 Å². The molecule has 0 fully saturated rings. The van der Waals surface area contributed by atoms with E-state index < -0.39 is 21.4 Å². The summed E-state index contributed by atoms with van der Waals surface area (Å²) in [7, 11) is -5.73. The Morgan fingerprint density at radius 2 is 1.94 bits per heavy atom. The number of hydrogen-bond acceptors (Lipinski definition) is 6. The van der Waals surface area contributed by atoms with Crippen LogP contribution in [0.4, 0.5) is 13.2 Å². The molecule has 0 aliphatic heterocycles. The summed E-state index contributed by atoms with van der Waals surface area (Å²) in [5.74, 6) is -0.596. The van der Waals surface area contributed by atoms with Crippen molar-refractivity contribution in [3.63, 3.8) is 0 Å². The van der Waals surface area contributed by atoms with Crippen LogP contribution in [-0.4, -0.2) is 24.2 Å². The van der Waals surface area contributed by atoms with Crippen molar-refractivity contribution >= 4 is 21.2 Å². The summed E-state index contributed by atoms with van der Waals surface area (Å²) in [4.78, 5) is 0. The molecule has 2 aromatic rings. The molecule has 10 heteroatoms. The summed E-state index contributed by atoms with van der Waals surface area (Å²) in [6.45, 7) is 0. The normalized spacial score (nSPS) is 12.9. The van der Waals surface area contributed by atoms with E-state index in [0.717, 1.165) is 6.07 Å². The van der Waals surface area contributed by atoms with E-state index in [2.05, 4.69) is 19.1 Å². The lowest BCUT2D eigenvalue weighted by Crippen LogP contribution is -2.28. The molecule has 17 heavy (non-hydrogen) atoms. The molecule has 1 aromatic heterocycles. The maximum Gasteiger partial charge on any atom is 0.534 e. The molecule has 0 bridgehead atoms. The zero-order valence-corrected chi connectivity index (χ0v) is 8.62. The van der Waals surface area contributed by atoms with E-state index in [1.807, 2.05) is 0 Å². The van der Waals surface area contributed by atoms with E-state index in [4.69, 9.17) is 0 Å². The fourth-order valence-electron chi connectivity index (χ4n) is 1.01. The molecule has 0 saturated heterocycles. The van der Waals surface area contributed by atoms with Crippen molar-refractivity contribution in [2.45, 2.75) is 5.51 Å². The van der Waals surface area contributed by atoms with Gasteiger partial charge in [0.05, 0.1) is 0 Å². The molecule has 0 unspecified atom stereocenters. The molecule has 0 amide bonds. The second-order valence-corrected chi connectivity index (χ2v) is 4.41. The predicted molar refractivity (Wildman–Crippen MR) is 47.4 cm³/mol. The van der Waals surface area contributed by atoms with E-state index in [1.165, 1.54) is 12.1 Å². The van der Waals surface area contributed by atoms with Crippen LogP contribution in [-0.2, 0) is 10.1 Å². The Balaban J connectivity index is 2.47. The van der Waals surface area contributed by atoms with Crippen LogP contribution in [0.15, 0.2) is 22.8 Å². The van der Waals surface area contributed by atoms with Crippen LogP contribution >= 0.6 is 0 Å². The van der Waals surface area contributed by atoms with Crippen molar-refractivity contribution in [1.29, 1.82) is 0 Å². The van der Waals surface area contributed by atoms with Crippen LogP contribution < -0.4 is 4.18 Å². The lowest BCUT2D eigenvalue weighted by atomic mass is 10.3. The van der Waals surface area contributed by atoms with E-state index in [9.17, 15) is 21.6 Å². The molecule has 1 aromatic carbocycles. The number of fused-ring (bicyclic) bond motifs is 1. The van der Waals surface area contributed by atoms with Gasteiger partial charge in [0.15, 0.2) is 11.3 Å². The first-order valence-electron chi connectivity index (χ1n) is 4.03. The first kappa shape index (κ1) is 11.6. The van der Waals surface area contributed by atoms with Crippen LogP contribution in [0.1, 0.15) is 0 Å². The number of rotatable bonds is 2. The third-order valence-electron chi connectivity index (χ3n) is 1.73. The van der Waals surface area contributed by atoms with Crippen LogP contribution in [0.5, 0.6) is 5.75 Å². The summed E-state index contributed by atoms with van der Waals surface area (Å²) < 4.78 is 65.9. The Hall–Kier alpha value is -1.84. The molecule has 6 nitrogen and oxygen atoms in total. The minimum absolute atomic E-state index is 0.0832. The number of aromatic nitrogens is 2. The zero-order valence-electron chi connectivity index (χ0n) is 7.80. The number of alkyl halides is 3. The monoisotopic (exact) mass is 268 g/mol. The summed E-state index contributed by atoms with van der Waals surface area (Å²) in [5, 5.41) is 6.57. The topological polar surface area (TPSA) is 82.3 Å². The number of halogens is 3. The Morgan fingerprint density at radius 3 is 2.59 bits per heavy atom. The smallest absolute Gasteiger partial charge is 0.373 e. The largest absolute Gasteiger partial charge is 0.534 e. The molecule has 0 aliphatic rings. The Kier molecular flexibility index (Phi) is 2.45. The van der Waals surface area contributed by atoms with Gasteiger partial charge in [-0.25, -0.2) is 4.63 Å². The molecule has 1 heterocycles. The second-order valence-electron chi connectivity index (χ2n) is 2.87. The van der Waals surface area contributed by atoms with Gasteiger partial charge < -0.3 is 4.18 Å². The van der Waals surface area contributed by atoms with E-state index in [1.54, 1.807) is 0 Å². The first-order chi connectivity index (χ1) is 7.81. The number of hydrogen-bond donors (Lipinski definition) is 0.